The van der Waals surface area contributed by atoms with Crippen LogP contribution in [0.5, 0.6) is 0 Å². The van der Waals surface area contributed by atoms with Gasteiger partial charge in [-0.3, -0.25) is 20.2 Å². The molecule has 1 aromatic rings. The van der Waals surface area contributed by atoms with Gasteiger partial charge in [0.05, 0.1) is 29.6 Å². The van der Waals surface area contributed by atoms with Crippen LogP contribution in [-0.2, 0) is 13.3 Å². The Morgan fingerprint density at radius 3 is 2.17 bits per heavy atom. The quantitative estimate of drug-likeness (QED) is 0.167. The zero-order valence-corrected chi connectivity index (χ0v) is 17.8. The molecule has 0 amide bonds. The van der Waals surface area contributed by atoms with Crippen molar-refractivity contribution < 1.29 is 19.3 Å². The topological polar surface area (TPSA) is 108 Å². The lowest BCUT2D eigenvalue weighted by atomic mass is 10.1. The maximum absolute atomic E-state index is 11.7. The van der Waals surface area contributed by atoms with E-state index in [1.54, 1.807) is 0 Å². The molecule has 0 unspecified atom stereocenters. The molecule has 1 aliphatic rings. The zero-order chi connectivity index (χ0) is 21.6. The van der Waals surface area contributed by atoms with Gasteiger partial charge < -0.3 is 14.4 Å². The summed E-state index contributed by atoms with van der Waals surface area (Å²) in [4.78, 5) is 23.6. The summed E-state index contributed by atoms with van der Waals surface area (Å²) >= 11 is 17.5. The third-order valence-electron chi connectivity index (χ3n) is 4.20. The lowest BCUT2D eigenvalue weighted by Gasteiger charge is -2.27. The first-order valence-electron chi connectivity index (χ1n) is 8.78. The van der Waals surface area contributed by atoms with Gasteiger partial charge in [-0.25, -0.2) is 0 Å². The van der Waals surface area contributed by atoms with E-state index in [-0.39, 0.29) is 17.8 Å². The Labute approximate surface area is 182 Å². The molecule has 1 aromatic carbocycles. The summed E-state index contributed by atoms with van der Waals surface area (Å²) in [6.07, 6.45) is 4.48. The van der Waals surface area contributed by atoms with Crippen molar-refractivity contribution in [2.24, 2.45) is 0 Å². The van der Waals surface area contributed by atoms with Crippen molar-refractivity contribution in [1.29, 1.82) is 0 Å². The number of anilines is 1. The predicted octanol–water partition coefficient (Wildman–Crippen LogP) is 4.87. The predicted molar refractivity (Wildman–Crippen MR) is 111 cm³/mol. The van der Waals surface area contributed by atoms with Crippen molar-refractivity contribution in [1.82, 2.24) is 0 Å². The summed E-state index contributed by atoms with van der Waals surface area (Å²) in [6, 6.07) is 2.09. The molecule has 2 rings (SSSR count). The van der Waals surface area contributed by atoms with E-state index in [9.17, 15) is 20.2 Å². The standard InChI is InChI=1S/C17H20Cl3N3O6/c1-2-3-4-5-6-21(11-15-28-7-8-29-15)16-13(22(24)25)9-12(17(18,19)20)10-14(16)23(26)27/h2-3,9-10,15H,4-8,11H2,1H3. The fraction of sp³-hybridized carbons (Fsp3) is 0.529. The van der Waals surface area contributed by atoms with Crippen LogP contribution in [0.25, 0.3) is 0 Å². The van der Waals surface area contributed by atoms with Gasteiger partial charge in [-0.2, -0.15) is 0 Å². The van der Waals surface area contributed by atoms with Crippen LogP contribution in [-0.4, -0.2) is 42.4 Å². The Hall–Kier alpha value is -1.65. The molecule has 12 heteroatoms. The molecule has 0 saturated carbocycles. The highest BCUT2D eigenvalue weighted by Crippen LogP contribution is 2.46. The summed E-state index contributed by atoms with van der Waals surface area (Å²) in [7, 11) is 0. The summed E-state index contributed by atoms with van der Waals surface area (Å²) in [6.45, 7) is 3.04. The smallest absolute Gasteiger partial charge is 0.300 e. The monoisotopic (exact) mass is 467 g/mol. The van der Waals surface area contributed by atoms with Crippen LogP contribution >= 0.6 is 34.8 Å². The van der Waals surface area contributed by atoms with Gasteiger partial charge in [-0.15, -0.1) is 0 Å². The Bertz CT molecular complexity index is 743. The van der Waals surface area contributed by atoms with Crippen molar-refractivity contribution in [2.75, 3.05) is 31.2 Å². The van der Waals surface area contributed by atoms with Gasteiger partial charge in [0.25, 0.3) is 11.4 Å². The van der Waals surface area contributed by atoms with Crippen molar-refractivity contribution in [2.45, 2.75) is 29.8 Å². The van der Waals surface area contributed by atoms with E-state index >= 15 is 0 Å². The summed E-state index contributed by atoms with van der Waals surface area (Å²) in [5.41, 5.74) is -1.38. The number of unbranched alkanes of at least 4 members (excludes halogenated alkanes) is 1. The summed E-state index contributed by atoms with van der Waals surface area (Å²) < 4.78 is 8.81. The van der Waals surface area contributed by atoms with Crippen molar-refractivity contribution >= 4 is 51.9 Å². The minimum atomic E-state index is -2.05. The SMILES string of the molecule is CC=CCCCN(CC1OCCO1)c1c([N+](=O)[O-])cc(C(Cl)(Cl)Cl)cc1[N+](=O)[O-]. The number of halogens is 3. The van der Waals surface area contributed by atoms with Crippen LogP contribution in [0.2, 0.25) is 0 Å². The van der Waals surface area contributed by atoms with Crippen LogP contribution in [0.1, 0.15) is 25.3 Å². The number of benzene rings is 1. The number of hydrogen-bond donors (Lipinski definition) is 0. The van der Waals surface area contributed by atoms with E-state index in [2.05, 4.69) is 0 Å². The number of nitro benzene ring substituents is 2. The molecule has 9 nitrogen and oxygen atoms in total. The molecular formula is C17H20Cl3N3O6. The minimum Gasteiger partial charge on any atom is -0.355 e. The average molecular weight is 469 g/mol. The zero-order valence-electron chi connectivity index (χ0n) is 15.6. The first-order chi connectivity index (χ1) is 13.6. The first kappa shape index (κ1) is 23.6. The normalized spacial score (nSPS) is 15.2. The second-order valence-electron chi connectivity index (χ2n) is 6.20. The van der Waals surface area contributed by atoms with Crippen LogP contribution in [0, 0.1) is 20.2 Å². The molecule has 1 saturated heterocycles. The maximum Gasteiger partial charge on any atom is 0.300 e. The Morgan fingerprint density at radius 1 is 1.17 bits per heavy atom. The van der Waals surface area contributed by atoms with Gasteiger partial charge in [-0.1, -0.05) is 47.0 Å². The summed E-state index contributed by atoms with van der Waals surface area (Å²) in [5, 5.41) is 23.5. The highest BCUT2D eigenvalue weighted by Gasteiger charge is 2.36. The van der Waals surface area contributed by atoms with Crippen LogP contribution in [0.3, 0.4) is 0 Å². The Kier molecular flexibility index (Phi) is 8.47. The molecule has 0 atom stereocenters. The van der Waals surface area contributed by atoms with Gasteiger partial charge in [0.2, 0.25) is 3.79 Å². The van der Waals surface area contributed by atoms with Crippen molar-refractivity contribution in [3.05, 3.63) is 50.1 Å². The van der Waals surface area contributed by atoms with E-state index in [0.717, 1.165) is 12.1 Å². The van der Waals surface area contributed by atoms with Crippen LogP contribution < -0.4 is 4.90 Å². The van der Waals surface area contributed by atoms with E-state index in [1.807, 2.05) is 19.1 Å². The first-order valence-corrected chi connectivity index (χ1v) is 9.92. The second kappa shape index (κ2) is 10.4. The number of hydrogen-bond acceptors (Lipinski definition) is 7. The van der Waals surface area contributed by atoms with Gasteiger partial charge in [0.15, 0.2) is 12.0 Å². The molecular weight excluding hydrogens is 449 g/mol. The van der Waals surface area contributed by atoms with E-state index in [1.165, 1.54) is 4.90 Å². The van der Waals surface area contributed by atoms with Crippen molar-refractivity contribution in [3.8, 4) is 0 Å². The largest absolute Gasteiger partial charge is 0.355 e. The maximum atomic E-state index is 11.7. The number of ether oxygens (including phenoxy) is 2. The highest BCUT2D eigenvalue weighted by molar-refractivity contribution is 6.66. The minimum absolute atomic E-state index is 0.0879. The van der Waals surface area contributed by atoms with E-state index in [0.29, 0.717) is 32.6 Å². The molecule has 1 aliphatic heterocycles. The number of nitrogens with zero attached hydrogens (tertiary/aromatic N) is 3. The Balaban J connectivity index is 2.55. The Morgan fingerprint density at radius 2 is 1.72 bits per heavy atom. The highest BCUT2D eigenvalue weighted by atomic mass is 35.6. The molecule has 1 fully saturated rings. The van der Waals surface area contributed by atoms with Crippen LogP contribution in [0.15, 0.2) is 24.3 Å². The second-order valence-corrected chi connectivity index (χ2v) is 8.48. The third kappa shape index (κ3) is 6.42. The number of allylic oxidation sites excluding steroid dienone is 2. The van der Waals surface area contributed by atoms with Crippen LogP contribution in [0.4, 0.5) is 17.1 Å². The van der Waals surface area contributed by atoms with Gasteiger partial charge in [-0.05, 0) is 19.8 Å². The van der Waals surface area contributed by atoms with E-state index in [4.69, 9.17) is 44.3 Å². The van der Waals surface area contributed by atoms with Gasteiger partial charge in [0.1, 0.15) is 0 Å². The van der Waals surface area contributed by atoms with Gasteiger partial charge in [0, 0.05) is 24.2 Å². The molecule has 0 N–H and O–H groups in total. The summed E-state index contributed by atoms with van der Waals surface area (Å²) in [5.74, 6) is 0. The molecule has 29 heavy (non-hydrogen) atoms. The molecule has 1 heterocycles. The third-order valence-corrected chi connectivity index (χ3v) is 4.86. The van der Waals surface area contributed by atoms with Gasteiger partial charge >= 0.3 is 0 Å². The lowest BCUT2D eigenvalue weighted by Crippen LogP contribution is -2.35. The molecule has 160 valence electrons. The average Bonchev–Trinajstić information content (AvgIpc) is 3.15. The lowest BCUT2D eigenvalue weighted by molar-refractivity contribution is -0.392. The van der Waals surface area contributed by atoms with E-state index < -0.39 is 31.3 Å². The number of alkyl halides is 3. The molecule has 0 aliphatic carbocycles. The fourth-order valence-corrected chi connectivity index (χ4v) is 3.25. The molecule has 0 spiro atoms. The fourth-order valence-electron chi connectivity index (χ4n) is 2.92. The number of rotatable bonds is 9. The van der Waals surface area contributed by atoms with Crippen molar-refractivity contribution in [3.63, 3.8) is 0 Å². The molecule has 0 bridgehead atoms. The molecule has 0 aromatic heterocycles. The number of nitro groups is 2. The molecule has 0 radical (unpaired) electrons.